The fraction of sp³-hybridized carbons (Fsp3) is 0.423. The van der Waals surface area contributed by atoms with Crippen molar-refractivity contribution in [1.29, 1.82) is 5.41 Å². The quantitative estimate of drug-likeness (QED) is 0.304. The lowest BCUT2D eigenvalue weighted by atomic mass is 9.77. The van der Waals surface area contributed by atoms with Gasteiger partial charge in [-0.25, -0.2) is 0 Å². The van der Waals surface area contributed by atoms with Crippen LogP contribution in [0.15, 0.2) is 72.0 Å². The summed E-state index contributed by atoms with van der Waals surface area (Å²) in [6.07, 6.45) is 10.4. The van der Waals surface area contributed by atoms with Gasteiger partial charge in [0.05, 0.1) is 11.3 Å². The van der Waals surface area contributed by atoms with E-state index in [0.29, 0.717) is 23.4 Å². The number of hydrogen-bond donors (Lipinski definition) is 3. The van der Waals surface area contributed by atoms with Crippen molar-refractivity contribution in [3.63, 3.8) is 0 Å². The van der Waals surface area contributed by atoms with Crippen molar-refractivity contribution in [2.24, 2.45) is 11.7 Å². The van der Waals surface area contributed by atoms with Crippen LogP contribution in [0.4, 0.5) is 0 Å². The first-order chi connectivity index (χ1) is 13.7. The minimum Gasteiger partial charge on any atom is -0.401 e. The Balaban J connectivity index is 0.00000841. The van der Waals surface area contributed by atoms with Crippen LogP contribution in [-0.2, 0) is 6.42 Å². The first-order valence-electron chi connectivity index (χ1n) is 10.5. The van der Waals surface area contributed by atoms with Crippen LogP contribution in [-0.4, -0.2) is 16.4 Å². The molecule has 0 spiro atoms. The molecule has 3 heteroatoms. The van der Waals surface area contributed by atoms with Gasteiger partial charge in [-0.3, -0.25) is 5.41 Å². The van der Waals surface area contributed by atoms with Crippen molar-refractivity contribution in [2.75, 3.05) is 0 Å². The summed E-state index contributed by atoms with van der Waals surface area (Å²) in [5.41, 5.74) is 10.5. The average Bonchev–Trinajstić information content (AvgIpc) is 2.69. The maximum Gasteiger partial charge on any atom is 0.0705 e. The first kappa shape index (κ1) is 24.6. The van der Waals surface area contributed by atoms with Gasteiger partial charge in [0.1, 0.15) is 0 Å². The van der Waals surface area contributed by atoms with E-state index in [9.17, 15) is 5.11 Å². The van der Waals surface area contributed by atoms with E-state index < -0.39 is 5.60 Å². The maximum absolute atomic E-state index is 11.3. The molecule has 1 aromatic rings. The summed E-state index contributed by atoms with van der Waals surface area (Å²) in [4.78, 5) is 0. The van der Waals surface area contributed by atoms with Crippen LogP contribution in [0.1, 0.15) is 59.5 Å². The number of nitrogens with one attached hydrogen (secondary N) is 1. The third-order valence-electron chi connectivity index (χ3n) is 5.48. The zero-order valence-electron chi connectivity index (χ0n) is 18.8. The number of allylic oxidation sites excluding steroid dienone is 6. The molecular weight excluding hydrogens is 356 g/mol. The summed E-state index contributed by atoms with van der Waals surface area (Å²) in [5.74, 6) is -0.200. The number of benzene rings is 1. The lowest BCUT2D eigenvalue weighted by Gasteiger charge is -2.34. The van der Waals surface area contributed by atoms with E-state index in [1.54, 1.807) is 6.08 Å². The van der Waals surface area contributed by atoms with Gasteiger partial charge in [-0.05, 0) is 63.7 Å². The average molecular weight is 397 g/mol. The molecule has 0 heterocycles. The molecule has 0 radical (unpaired) electrons. The van der Waals surface area contributed by atoms with Crippen molar-refractivity contribution in [1.82, 2.24) is 0 Å². The van der Waals surface area contributed by atoms with Crippen LogP contribution in [0.3, 0.4) is 0 Å². The summed E-state index contributed by atoms with van der Waals surface area (Å²) in [5, 5.41) is 19.9. The van der Waals surface area contributed by atoms with E-state index >= 15 is 0 Å². The molecule has 0 aliphatic rings. The molecule has 0 aliphatic heterocycles. The monoisotopic (exact) mass is 396 g/mol. The highest BCUT2D eigenvalue weighted by molar-refractivity contribution is 6.12. The Morgan fingerprint density at radius 1 is 1.34 bits per heavy atom. The summed E-state index contributed by atoms with van der Waals surface area (Å²) in [7, 11) is 0. The summed E-state index contributed by atoms with van der Waals surface area (Å²) in [6.45, 7) is 13.6. The highest BCUT2D eigenvalue weighted by atomic mass is 16.3. The molecular formula is C26H40N2O. The summed E-state index contributed by atoms with van der Waals surface area (Å²) in [6, 6.07) is 8.43. The zero-order chi connectivity index (χ0) is 22.0. The molecule has 0 aromatic heterocycles. The molecule has 0 bridgehead atoms. The number of aliphatic hydroxyl groups is 1. The Morgan fingerprint density at radius 2 is 1.97 bits per heavy atom. The standard InChI is InChI=1S/C26H38N2O.H2/c1-7-10-22(11-8-2)24(27)20(5)25(28)23(12-9-3)26(6,29)18-17-21-15-13-19(4)14-16-21;/h7-8,10-11,13-16,23,27,29H,1,9,12,17-18,28H2,2-6H3;1H/b11-8-,22-10+,25-20-,27-24?;. The third kappa shape index (κ3) is 7.17. The van der Waals surface area contributed by atoms with Crippen LogP contribution in [0.5, 0.6) is 0 Å². The number of rotatable bonds is 11. The topological polar surface area (TPSA) is 70.1 Å². The van der Waals surface area contributed by atoms with Crippen molar-refractivity contribution >= 4 is 5.71 Å². The molecule has 0 aliphatic carbocycles. The van der Waals surface area contributed by atoms with E-state index in [1.165, 1.54) is 11.1 Å². The Labute approximate surface area is 178 Å². The fourth-order valence-electron chi connectivity index (χ4n) is 3.57. The second-order valence-corrected chi connectivity index (χ2v) is 8.00. The van der Waals surface area contributed by atoms with Gasteiger partial charge in [0, 0.05) is 13.0 Å². The van der Waals surface area contributed by atoms with E-state index in [1.807, 2.05) is 39.0 Å². The molecule has 0 saturated carbocycles. The molecule has 1 aromatic carbocycles. The smallest absolute Gasteiger partial charge is 0.0705 e. The first-order valence-corrected chi connectivity index (χ1v) is 10.5. The molecule has 1 rings (SSSR count). The summed E-state index contributed by atoms with van der Waals surface area (Å²) < 4.78 is 0. The Hall–Kier alpha value is -2.39. The van der Waals surface area contributed by atoms with Crippen molar-refractivity contribution in [2.45, 2.75) is 65.9 Å². The number of nitrogens with two attached hydrogens (primary N) is 1. The van der Waals surface area contributed by atoms with Crippen LogP contribution in [0, 0.1) is 18.3 Å². The number of hydrogen-bond acceptors (Lipinski definition) is 3. The Kier molecular flexibility index (Phi) is 9.84. The second-order valence-electron chi connectivity index (χ2n) is 8.00. The Bertz CT molecular complexity index is 786. The van der Waals surface area contributed by atoms with Gasteiger partial charge in [0.25, 0.3) is 0 Å². The predicted molar refractivity (Wildman–Crippen MR) is 128 cm³/mol. The number of aryl methyl sites for hydroxylation is 2. The van der Waals surface area contributed by atoms with Crippen LogP contribution >= 0.6 is 0 Å². The van der Waals surface area contributed by atoms with Gasteiger partial charge in [-0.1, -0.05) is 74.1 Å². The van der Waals surface area contributed by atoms with Gasteiger partial charge >= 0.3 is 0 Å². The lowest BCUT2D eigenvalue weighted by Crippen LogP contribution is -2.39. The van der Waals surface area contributed by atoms with E-state index in [-0.39, 0.29) is 7.34 Å². The summed E-state index contributed by atoms with van der Waals surface area (Å²) >= 11 is 0. The van der Waals surface area contributed by atoms with Gasteiger partial charge in [-0.15, -0.1) is 0 Å². The lowest BCUT2D eigenvalue weighted by molar-refractivity contribution is 0.00145. The SMILES string of the molecule is C=C/C=C(\C=C/C)C(=N)/C(C)=C(\N)C(CCC)C(C)(O)CCc1ccc(C)cc1.[HH]. The van der Waals surface area contributed by atoms with E-state index in [4.69, 9.17) is 11.1 Å². The molecule has 0 saturated heterocycles. The second kappa shape index (κ2) is 11.6. The maximum atomic E-state index is 11.3. The highest BCUT2D eigenvalue weighted by Crippen LogP contribution is 2.33. The van der Waals surface area contributed by atoms with Crippen LogP contribution < -0.4 is 5.73 Å². The fourth-order valence-corrected chi connectivity index (χ4v) is 3.57. The van der Waals surface area contributed by atoms with Gasteiger partial charge in [0.2, 0.25) is 0 Å². The molecule has 0 amide bonds. The third-order valence-corrected chi connectivity index (χ3v) is 5.48. The van der Waals surface area contributed by atoms with Gasteiger partial charge in [0.15, 0.2) is 0 Å². The van der Waals surface area contributed by atoms with Gasteiger partial charge < -0.3 is 10.8 Å². The van der Waals surface area contributed by atoms with Crippen molar-refractivity contribution in [3.05, 3.63) is 83.1 Å². The minimum absolute atomic E-state index is 0. The van der Waals surface area contributed by atoms with Crippen molar-refractivity contribution in [3.8, 4) is 0 Å². The van der Waals surface area contributed by atoms with Crippen LogP contribution in [0.25, 0.3) is 0 Å². The van der Waals surface area contributed by atoms with E-state index in [0.717, 1.165) is 24.8 Å². The Morgan fingerprint density at radius 3 is 2.48 bits per heavy atom. The van der Waals surface area contributed by atoms with Crippen molar-refractivity contribution < 1.29 is 6.53 Å². The van der Waals surface area contributed by atoms with Crippen LogP contribution in [0.2, 0.25) is 0 Å². The van der Waals surface area contributed by atoms with Gasteiger partial charge in [-0.2, -0.15) is 0 Å². The molecule has 29 heavy (non-hydrogen) atoms. The highest BCUT2D eigenvalue weighted by Gasteiger charge is 2.34. The molecule has 2 unspecified atom stereocenters. The molecule has 3 nitrogen and oxygen atoms in total. The molecule has 4 N–H and O–H groups in total. The zero-order valence-corrected chi connectivity index (χ0v) is 18.8. The largest absolute Gasteiger partial charge is 0.401 e. The minimum atomic E-state index is -0.949. The molecule has 2 atom stereocenters. The molecule has 0 fully saturated rings. The predicted octanol–water partition coefficient (Wildman–Crippen LogP) is 6.28. The normalized spacial score (nSPS) is 16.3. The molecule has 160 valence electrons. The van der Waals surface area contributed by atoms with E-state index in [2.05, 4.69) is 44.7 Å².